The molecule has 0 radical (unpaired) electrons. The van der Waals surface area contributed by atoms with E-state index < -0.39 is 6.10 Å². The van der Waals surface area contributed by atoms with Gasteiger partial charge in [0.1, 0.15) is 13.2 Å². The lowest BCUT2D eigenvalue weighted by Gasteiger charge is -2.18. The van der Waals surface area contributed by atoms with E-state index in [4.69, 9.17) is 14.2 Å². The van der Waals surface area contributed by atoms with Crippen LogP contribution in [0.2, 0.25) is 0 Å². The number of hydrogen-bond acceptors (Lipinski definition) is 6. The first-order valence-corrected chi connectivity index (χ1v) is 29.3. The molecule has 0 amide bonds. The van der Waals surface area contributed by atoms with Crippen molar-refractivity contribution in [2.75, 3.05) is 13.2 Å². The Morgan fingerprint density at radius 1 is 0.306 bits per heavy atom. The number of esters is 3. The van der Waals surface area contributed by atoms with Crippen LogP contribution >= 0.6 is 0 Å². The highest BCUT2D eigenvalue weighted by Crippen LogP contribution is 2.14. The van der Waals surface area contributed by atoms with Crippen LogP contribution in [0.1, 0.15) is 245 Å². The second-order valence-corrected chi connectivity index (χ2v) is 18.9. The van der Waals surface area contributed by atoms with Crippen molar-refractivity contribution < 1.29 is 28.6 Å². The van der Waals surface area contributed by atoms with Crippen molar-refractivity contribution in [1.82, 2.24) is 0 Å². The highest BCUT2D eigenvalue weighted by atomic mass is 16.6. The van der Waals surface area contributed by atoms with E-state index in [0.717, 1.165) is 135 Å². The third-order valence-corrected chi connectivity index (χ3v) is 12.0. The minimum Gasteiger partial charge on any atom is -0.462 e. The average Bonchev–Trinajstić information content (AvgIpc) is 3.38. The summed E-state index contributed by atoms with van der Waals surface area (Å²) in [5.74, 6) is -0.951. The van der Waals surface area contributed by atoms with Gasteiger partial charge in [0.05, 0.1) is 0 Å². The van der Waals surface area contributed by atoms with Gasteiger partial charge in [-0.1, -0.05) is 251 Å². The molecule has 72 heavy (non-hydrogen) atoms. The molecule has 0 aliphatic heterocycles. The Morgan fingerprint density at radius 3 is 1.03 bits per heavy atom. The van der Waals surface area contributed by atoms with Gasteiger partial charge in [0.2, 0.25) is 0 Å². The van der Waals surface area contributed by atoms with Crippen LogP contribution in [0.5, 0.6) is 0 Å². The summed E-state index contributed by atoms with van der Waals surface area (Å²) in [6, 6.07) is 0. The van der Waals surface area contributed by atoms with E-state index in [2.05, 4.69) is 130 Å². The fourth-order valence-corrected chi connectivity index (χ4v) is 7.61. The number of allylic oxidation sites excluding steroid dienone is 22. The molecule has 406 valence electrons. The summed E-state index contributed by atoms with van der Waals surface area (Å²) in [4.78, 5) is 38.2. The quantitative estimate of drug-likeness (QED) is 0.0199. The molecule has 1 unspecified atom stereocenters. The molecule has 0 rings (SSSR count). The molecule has 0 aromatic heterocycles. The Kier molecular flexibility index (Phi) is 55.5. The van der Waals surface area contributed by atoms with Crippen LogP contribution < -0.4 is 0 Å². The van der Waals surface area contributed by atoms with Gasteiger partial charge in [0.25, 0.3) is 0 Å². The van der Waals surface area contributed by atoms with Gasteiger partial charge in [-0.3, -0.25) is 14.4 Å². The Bertz CT molecular complexity index is 1560. The van der Waals surface area contributed by atoms with E-state index in [1.54, 1.807) is 0 Å². The van der Waals surface area contributed by atoms with Crippen LogP contribution in [-0.2, 0) is 28.6 Å². The maximum absolute atomic E-state index is 12.9. The first kappa shape index (κ1) is 67.5. The molecule has 0 fully saturated rings. The largest absolute Gasteiger partial charge is 0.462 e. The van der Waals surface area contributed by atoms with Crippen LogP contribution in [0, 0.1) is 0 Å². The zero-order valence-corrected chi connectivity index (χ0v) is 46.4. The Hall–Kier alpha value is -4.45. The van der Waals surface area contributed by atoms with E-state index in [-0.39, 0.29) is 37.5 Å². The van der Waals surface area contributed by atoms with Crippen molar-refractivity contribution in [2.24, 2.45) is 0 Å². The van der Waals surface area contributed by atoms with Crippen molar-refractivity contribution in [3.05, 3.63) is 134 Å². The maximum atomic E-state index is 12.9. The van der Waals surface area contributed by atoms with Crippen molar-refractivity contribution in [3.8, 4) is 0 Å². The van der Waals surface area contributed by atoms with E-state index >= 15 is 0 Å². The summed E-state index contributed by atoms with van der Waals surface area (Å²) < 4.78 is 16.9. The van der Waals surface area contributed by atoms with Crippen LogP contribution in [0.15, 0.2) is 134 Å². The Morgan fingerprint density at radius 2 is 0.625 bits per heavy atom. The molecule has 0 aromatic rings. The Balaban J connectivity index is 4.51. The summed E-state index contributed by atoms with van der Waals surface area (Å²) in [5.41, 5.74) is 0. The molecular formula is C66H106O6. The lowest BCUT2D eigenvalue weighted by molar-refractivity contribution is -0.167. The lowest BCUT2D eigenvalue weighted by Crippen LogP contribution is -2.30. The summed E-state index contributed by atoms with van der Waals surface area (Å²) >= 11 is 0. The molecule has 6 heteroatoms. The molecule has 0 aromatic carbocycles. The summed E-state index contributed by atoms with van der Waals surface area (Å²) in [6.45, 7) is 6.37. The zero-order valence-electron chi connectivity index (χ0n) is 46.4. The van der Waals surface area contributed by atoms with Crippen LogP contribution in [0.3, 0.4) is 0 Å². The van der Waals surface area contributed by atoms with Crippen LogP contribution in [0.25, 0.3) is 0 Å². The molecule has 0 aliphatic rings. The van der Waals surface area contributed by atoms with Crippen LogP contribution in [0.4, 0.5) is 0 Å². The SMILES string of the molecule is CC/C=C\C/C=C\C/C=C\C/C=C\CCCCCCCCC(=O)OCC(COC(=O)CCCCCCCCC/C=C\C/C=C\CCCCC)OC(=O)CCCCCCC\C=C/C=C\C=C/C=C\C=C/CCC. The number of carbonyl (C=O) groups excluding carboxylic acids is 3. The third-order valence-electron chi connectivity index (χ3n) is 12.0. The number of rotatable bonds is 51. The third kappa shape index (κ3) is 56.5. The summed E-state index contributed by atoms with van der Waals surface area (Å²) in [6.07, 6.45) is 82.8. The monoisotopic (exact) mass is 995 g/mol. The predicted molar refractivity (Wildman–Crippen MR) is 311 cm³/mol. The van der Waals surface area contributed by atoms with Gasteiger partial charge in [-0.05, 0) is 109 Å². The lowest BCUT2D eigenvalue weighted by atomic mass is 10.1. The van der Waals surface area contributed by atoms with Gasteiger partial charge < -0.3 is 14.2 Å². The number of unbranched alkanes of at least 4 members (excludes halogenated alkanes) is 22. The van der Waals surface area contributed by atoms with Gasteiger partial charge >= 0.3 is 17.9 Å². The first-order chi connectivity index (χ1) is 35.5. The molecule has 0 saturated carbocycles. The average molecular weight is 996 g/mol. The second-order valence-electron chi connectivity index (χ2n) is 18.9. The molecule has 0 bridgehead atoms. The standard InChI is InChI=1S/C66H106O6/c1-4-7-10-13-16-19-22-25-28-31-33-36-38-41-44-47-50-53-56-59-65(68)71-62-63(61-70-64(67)58-55-52-49-46-43-40-37-34-30-27-24-21-18-15-12-9-6-3)72-66(69)60-57-54-51-48-45-42-39-35-32-29-26-23-20-17-14-11-8-5-2/h7,10-11,14,16-21,23,25-30,32-33,35-36,39,63H,4-6,8-9,12-13,15,22,24,31,34,37-38,40-62H2,1-3H3/b10-7-,14-11-,19-16-,20-17-,21-18-,26-23-,28-25-,30-27-,32-29-,36-33-,39-35-. The molecule has 0 heterocycles. The number of carbonyl (C=O) groups is 3. The number of hydrogen-bond donors (Lipinski definition) is 0. The topological polar surface area (TPSA) is 78.9 Å². The van der Waals surface area contributed by atoms with Gasteiger partial charge in [0, 0.05) is 19.3 Å². The smallest absolute Gasteiger partial charge is 0.306 e. The second kappa shape index (κ2) is 59.1. The molecule has 1 atom stereocenters. The summed E-state index contributed by atoms with van der Waals surface area (Å²) in [5, 5.41) is 0. The van der Waals surface area contributed by atoms with Gasteiger partial charge in [-0.15, -0.1) is 0 Å². The zero-order chi connectivity index (χ0) is 52.2. The van der Waals surface area contributed by atoms with Crippen LogP contribution in [-0.4, -0.2) is 37.2 Å². The normalized spacial score (nSPS) is 13.1. The fraction of sp³-hybridized carbons (Fsp3) is 0.621. The Labute approximate surface area is 443 Å². The van der Waals surface area contributed by atoms with E-state index in [0.29, 0.717) is 12.8 Å². The molecular weight excluding hydrogens is 889 g/mol. The summed E-state index contributed by atoms with van der Waals surface area (Å²) in [7, 11) is 0. The van der Waals surface area contributed by atoms with E-state index in [1.807, 2.05) is 24.3 Å². The molecule has 0 saturated heterocycles. The van der Waals surface area contributed by atoms with E-state index in [1.165, 1.54) is 70.6 Å². The van der Waals surface area contributed by atoms with Crippen molar-refractivity contribution in [1.29, 1.82) is 0 Å². The minimum absolute atomic E-state index is 0.102. The molecule has 0 spiro atoms. The predicted octanol–water partition coefficient (Wildman–Crippen LogP) is 19.8. The fourth-order valence-electron chi connectivity index (χ4n) is 7.61. The highest BCUT2D eigenvalue weighted by molar-refractivity contribution is 5.71. The molecule has 0 N–H and O–H groups in total. The molecule has 0 aliphatic carbocycles. The maximum Gasteiger partial charge on any atom is 0.306 e. The van der Waals surface area contributed by atoms with Crippen molar-refractivity contribution in [3.63, 3.8) is 0 Å². The van der Waals surface area contributed by atoms with Crippen molar-refractivity contribution >= 4 is 17.9 Å². The highest BCUT2D eigenvalue weighted by Gasteiger charge is 2.19. The van der Waals surface area contributed by atoms with E-state index in [9.17, 15) is 14.4 Å². The number of ether oxygens (including phenoxy) is 3. The molecule has 6 nitrogen and oxygen atoms in total. The van der Waals surface area contributed by atoms with Gasteiger partial charge in [-0.25, -0.2) is 0 Å². The first-order valence-electron chi connectivity index (χ1n) is 29.3. The van der Waals surface area contributed by atoms with Crippen molar-refractivity contribution in [2.45, 2.75) is 252 Å². The minimum atomic E-state index is -0.807. The van der Waals surface area contributed by atoms with Gasteiger partial charge in [-0.2, -0.15) is 0 Å². The van der Waals surface area contributed by atoms with Gasteiger partial charge in [0.15, 0.2) is 6.10 Å².